The van der Waals surface area contributed by atoms with Crippen LogP contribution in [-0.4, -0.2) is 30.8 Å². The van der Waals surface area contributed by atoms with Gasteiger partial charge in [-0.3, -0.25) is 4.79 Å². The number of nitrogens with zero attached hydrogens (tertiary/aromatic N) is 1. The largest absolute Gasteiger partial charge is 0.483 e. The van der Waals surface area contributed by atoms with Gasteiger partial charge in [0.2, 0.25) is 0 Å². The molecule has 0 saturated heterocycles. The molecule has 0 saturated carbocycles. The van der Waals surface area contributed by atoms with Crippen molar-refractivity contribution in [2.45, 2.75) is 12.2 Å². The Balaban J connectivity index is 0.000000968. The predicted octanol–water partition coefficient (Wildman–Crippen LogP) is 5.04. The topological polar surface area (TPSA) is 94.1 Å². The van der Waals surface area contributed by atoms with Crippen molar-refractivity contribution in [1.29, 1.82) is 0 Å². The fraction of sp³-hybridized carbons (Fsp3) is 0.130. The van der Waals surface area contributed by atoms with Crippen LogP contribution in [-0.2, 0) is 15.1 Å². The zero-order valence-corrected chi connectivity index (χ0v) is 17.7. The van der Waals surface area contributed by atoms with Crippen molar-refractivity contribution in [3.8, 4) is 16.9 Å². The highest BCUT2D eigenvalue weighted by Gasteiger charge is 2.42. The molecule has 1 heterocycles. The van der Waals surface area contributed by atoms with E-state index in [9.17, 15) is 13.2 Å². The number of carbonyl (C=O) groups is 1. The lowest BCUT2D eigenvalue weighted by atomic mass is 9.82. The van der Waals surface area contributed by atoms with Gasteiger partial charge in [-0.05, 0) is 47.0 Å². The summed E-state index contributed by atoms with van der Waals surface area (Å²) in [5.74, 6) is -1.05. The van der Waals surface area contributed by atoms with Gasteiger partial charge in [0.25, 0.3) is 12.5 Å². The Hall–Kier alpha value is -3.72. The monoisotopic (exact) mass is 478 g/mol. The summed E-state index contributed by atoms with van der Waals surface area (Å²) >= 11 is 6.10. The molecule has 1 aliphatic heterocycles. The molecule has 33 heavy (non-hydrogen) atoms. The van der Waals surface area contributed by atoms with Crippen molar-refractivity contribution in [3.63, 3.8) is 0 Å². The highest BCUT2D eigenvalue weighted by molar-refractivity contribution is 6.30. The molecule has 0 amide bonds. The fourth-order valence-corrected chi connectivity index (χ4v) is 3.69. The van der Waals surface area contributed by atoms with Gasteiger partial charge in [0, 0.05) is 16.7 Å². The van der Waals surface area contributed by atoms with Gasteiger partial charge in [-0.25, -0.2) is 9.38 Å². The Bertz CT molecular complexity index is 1180. The third-order valence-corrected chi connectivity index (χ3v) is 5.07. The van der Waals surface area contributed by atoms with E-state index in [4.69, 9.17) is 32.0 Å². The maximum atomic E-state index is 15.0. The number of hydrogen-bond donors (Lipinski definition) is 2. The minimum Gasteiger partial charge on any atom is -0.483 e. The Labute approximate surface area is 192 Å². The predicted molar refractivity (Wildman–Crippen MR) is 117 cm³/mol. The van der Waals surface area contributed by atoms with Crippen LogP contribution in [0.25, 0.3) is 11.1 Å². The summed E-state index contributed by atoms with van der Waals surface area (Å²) in [5.41, 5.74) is 6.96. The molecular formula is C23H18ClF3N2O4. The van der Waals surface area contributed by atoms with Gasteiger partial charge in [-0.2, -0.15) is 8.78 Å². The van der Waals surface area contributed by atoms with Crippen LogP contribution in [0.4, 0.5) is 13.2 Å². The number of amidine groups is 1. The first-order valence-corrected chi connectivity index (χ1v) is 9.84. The maximum Gasteiger partial charge on any atom is 0.387 e. The van der Waals surface area contributed by atoms with Crippen molar-refractivity contribution in [3.05, 3.63) is 88.7 Å². The maximum absolute atomic E-state index is 15.0. The van der Waals surface area contributed by atoms with Gasteiger partial charge < -0.3 is 20.3 Å². The van der Waals surface area contributed by atoms with Crippen LogP contribution in [0, 0.1) is 5.82 Å². The Kier molecular flexibility index (Phi) is 7.44. The van der Waals surface area contributed by atoms with Crippen LogP contribution in [0.3, 0.4) is 0 Å². The summed E-state index contributed by atoms with van der Waals surface area (Å²) in [6.45, 7) is -3.34. The average Bonchev–Trinajstić information content (AvgIpc) is 3.17. The Morgan fingerprint density at radius 1 is 1.12 bits per heavy atom. The van der Waals surface area contributed by atoms with E-state index in [2.05, 4.69) is 9.73 Å². The van der Waals surface area contributed by atoms with E-state index in [-0.39, 0.29) is 30.4 Å². The molecule has 4 rings (SSSR count). The minimum atomic E-state index is -3.05. The van der Waals surface area contributed by atoms with Gasteiger partial charge in [0.05, 0.1) is 0 Å². The standard InChI is InChI=1S/C22H16ClF3N2O2.CH2O2/c23-16-6-2-4-14(10-16)13-3-1-5-15(9-13)22(12-29-21(27)28-22)18-8-7-17(11-19(18)24)30-20(25)26;2-1-3/h1-11,20H,12H2,(H2,27,28);1H,(H,2,3). The van der Waals surface area contributed by atoms with Crippen molar-refractivity contribution in [2.24, 2.45) is 10.7 Å². The van der Waals surface area contributed by atoms with Gasteiger partial charge in [-0.1, -0.05) is 41.9 Å². The number of nitrogens with two attached hydrogens (primary N) is 1. The Morgan fingerprint density at radius 2 is 1.79 bits per heavy atom. The lowest BCUT2D eigenvalue weighted by molar-refractivity contribution is -0.122. The van der Waals surface area contributed by atoms with E-state index in [1.54, 1.807) is 12.1 Å². The number of carboxylic acid groups (broad SMARTS) is 1. The van der Waals surface area contributed by atoms with Crippen molar-refractivity contribution < 1.29 is 32.5 Å². The van der Waals surface area contributed by atoms with Crippen molar-refractivity contribution in [1.82, 2.24) is 0 Å². The number of benzene rings is 3. The quantitative estimate of drug-likeness (QED) is 0.501. The van der Waals surface area contributed by atoms with E-state index in [0.717, 1.165) is 17.2 Å². The highest BCUT2D eigenvalue weighted by Crippen LogP contribution is 2.41. The number of rotatable bonds is 5. The van der Waals surface area contributed by atoms with Crippen molar-refractivity contribution >= 4 is 24.1 Å². The van der Waals surface area contributed by atoms with Crippen LogP contribution in [0.5, 0.6) is 5.75 Å². The van der Waals surface area contributed by atoms with Crippen LogP contribution >= 0.6 is 11.6 Å². The van der Waals surface area contributed by atoms with Crippen LogP contribution in [0.2, 0.25) is 5.02 Å². The molecule has 1 aliphatic rings. The highest BCUT2D eigenvalue weighted by atomic mass is 35.5. The smallest absolute Gasteiger partial charge is 0.387 e. The van der Waals surface area contributed by atoms with Gasteiger partial charge in [0.1, 0.15) is 18.2 Å². The zero-order valence-electron chi connectivity index (χ0n) is 16.9. The first-order chi connectivity index (χ1) is 15.8. The summed E-state index contributed by atoms with van der Waals surface area (Å²) in [6, 6.07) is 18.1. The van der Waals surface area contributed by atoms with Gasteiger partial charge >= 0.3 is 6.61 Å². The molecule has 172 valence electrons. The van der Waals surface area contributed by atoms with E-state index < -0.39 is 18.0 Å². The first-order valence-electron chi connectivity index (χ1n) is 9.46. The summed E-state index contributed by atoms with van der Waals surface area (Å²) in [5, 5.41) is 7.47. The molecule has 10 heteroatoms. The fourth-order valence-electron chi connectivity index (χ4n) is 3.50. The molecule has 0 radical (unpaired) electrons. The summed E-state index contributed by atoms with van der Waals surface area (Å²) in [6.07, 6.45) is 0. The first kappa shape index (κ1) is 23.9. The molecular weight excluding hydrogens is 461 g/mol. The molecule has 0 bridgehead atoms. The second-order valence-electron chi connectivity index (χ2n) is 6.82. The number of aliphatic imine (C=N–C) groups is 1. The number of ether oxygens (including phenoxy) is 2. The number of alkyl halides is 2. The molecule has 3 aromatic rings. The third-order valence-electron chi connectivity index (χ3n) is 4.84. The van der Waals surface area contributed by atoms with Crippen LogP contribution in [0.15, 0.2) is 71.7 Å². The molecule has 0 fully saturated rings. The van der Waals surface area contributed by atoms with E-state index in [0.29, 0.717) is 10.6 Å². The molecule has 0 spiro atoms. The van der Waals surface area contributed by atoms with E-state index >= 15 is 0 Å². The second kappa shape index (κ2) is 10.3. The third kappa shape index (κ3) is 5.38. The molecule has 6 nitrogen and oxygen atoms in total. The molecule has 0 aromatic heterocycles. The second-order valence-corrected chi connectivity index (χ2v) is 7.25. The normalized spacial score (nSPS) is 16.9. The minimum absolute atomic E-state index is 0.0379. The Morgan fingerprint density at radius 3 is 2.36 bits per heavy atom. The van der Waals surface area contributed by atoms with Gasteiger partial charge in [-0.15, -0.1) is 0 Å². The van der Waals surface area contributed by atoms with E-state index in [1.807, 2.05) is 36.4 Å². The summed E-state index contributed by atoms with van der Waals surface area (Å²) in [4.78, 5) is 12.7. The lowest BCUT2D eigenvalue weighted by Gasteiger charge is -2.26. The molecule has 0 aliphatic carbocycles. The molecule has 1 unspecified atom stereocenters. The van der Waals surface area contributed by atoms with Crippen LogP contribution < -0.4 is 10.5 Å². The average molecular weight is 479 g/mol. The summed E-state index contributed by atoms with van der Waals surface area (Å²) in [7, 11) is 0. The number of hydrogen-bond acceptors (Lipinski definition) is 5. The zero-order chi connectivity index (χ0) is 24.0. The van der Waals surface area contributed by atoms with Crippen molar-refractivity contribution in [2.75, 3.05) is 6.61 Å². The SMILES string of the molecule is NC1=NC(c2cccc(-c3cccc(Cl)c3)c2)(c2ccc(OC(F)F)cc2F)CO1.O=CO. The molecule has 1 atom stereocenters. The van der Waals surface area contributed by atoms with E-state index in [1.165, 1.54) is 12.1 Å². The van der Waals surface area contributed by atoms with Crippen LogP contribution in [0.1, 0.15) is 11.1 Å². The molecule has 3 aromatic carbocycles. The number of halogens is 4. The summed E-state index contributed by atoms with van der Waals surface area (Å²) < 4.78 is 49.6. The molecule has 3 N–H and O–H groups in total. The lowest BCUT2D eigenvalue weighted by Crippen LogP contribution is -2.28. The van der Waals surface area contributed by atoms with Gasteiger partial charge in [0.15, 0.2) is 5.54 Å².